The van der Waals surface area contributed by atoms with Gasteiger partial charge in [0.05, 0.1) is 13.2 Å². The SMILES string of the molecule is COc1ccc2c(ccn2CC(=O)NCc2ccc(CN3CCC(O)CC3)cc2)c1. The third-order valence-corrected chi connectivity index (χ3v) is 5.77. The number of nitrogens with zero attached hydrogens (tertiary/aromatic N) is 2. The molecule has 1 aromatic heterocycles. The van der Waals surface area contributed by atoms with Crippen LogP contribution in [0.15, 0.2) is 54.7 Å². The highest BCUT2D eigenvalue weighted by Gasteiger charge is 2.16. The highest BCUT2D eigenvalue weighted by atomic mass is 16.5. The zero-order valence-electron chi connectivity index (χ0n) is 17.4. The predicted molar refractivity (Wildman–Crippen MR) is 117 cm³/mol. The largest absolute Gasteiger partial charge is 0.497 e. The molecule has 3 aromatic rings. The van der Waals surface area contributed by atoms with Crippen molar-refractivity contribution in [2.75, 3.05) is 20.2 Å². The lowest BCUT2D eigenvalue weighted by Crippen LogP contribution is -2.35. The Morgan fingerprint density at radius 2 is 1.83 bits per heavy atom. The molecule has 1 aliphatic rings. The highest BCUT2D eigenvalue weighted by Crippen LogP contribution is 2.21. The molecule has 0 spiro atoms. The minimum Gasteiger partial charge on any atom is -0.497 e. The number of hydrogen-bond donors (Lipinski definition) is 2. The standard InChI is InChI=1S/C24H29N3O3/c1-30-22-6-7-23-20(14-22)8-13-27(23)17-24(29)25-15-18-2-4-19(5-3-18)16-26-11-9-21(28)10-12-26/h2-8,13-14,21,28H,9-12,15-17H2,1H3,(H,25,29). The second kappa shape index (κ2) is 9.32. The number of aliphatic hydroxyl groups is 1. The topological polar surface area (TPSA) is 66.7 Å². The molecule has 158 valence electrons. The van der Waals surface area contributed by atoms with Crippen LogP contribution in [0.4, 0.5) is 0 Å². The summed E-state index contributed by atoms with van der Waals surface area (Å²) < 4.78 is 7.20. The lowest BCUT2D eigenvalue weighted by atomic mass is 10.1. The van der Waals surface area contributed by atoms with E-state index < -0.39 is 0 Å². The molecule has 30 heavy (non-hydrogen) atoms. The van der Waals surface area contributed by atoms with Gasteiger partial charge in [0.1, 0.15) is 12.3 Å². The number of methoxy groups -OCH3 is 1. The molecule has 2 N–H and O–H groups in total. The molecule has 6 nitrogen and oxygen atoms in total. The molecule has 0 radical (unpaired) electrons. The smallest absolute Gasteiger partial charge is 0.240 e. The van der Waals surface area contributed by atoms with Gasteiger partial charge < -0.3 is 19.7 Å². The van der Waals surface area contributed by atoms with Crippen LogP contribution in [0, 0.1) is 0 Å². The maximum atomic E-state index is 12.4. The maximum absolute atomic E-state index is 12.4. The van der Waals surface area contributed by atoms with Gasteiger partial charge in [-0.15, -0.1) is 0 Å². The fourth-order valence-electron chi connectivity index (χ4n) is 3.95. The number of nitrogens with one attached hydrogen (secondary N) is 1. The zero-order valence-corrected chi connectivity index (χ0v) is 17.4. The van der Waals surface area contributed by atoms with Crippen molar-refractivity contribution >= 4 is 16.8 Å². The number of amides is 1. The zero-order chi connectivity index (χ0) is 20.9. The molecule has 6 heteroatoms. The molecular weight excluding hydrogens is 378 g/mol. The van der Waals surface area contributed by atoms with Crippen LogP contribution in [0.5, 0.6) is 5.75 Å². The second-order valence-electron chi connectivity index (χ2n) is 7.97. The number of carbonyl (C=O) groups excluding carboxylic acids is 1. The van der Waals surface area contributed by atoms with Crippen LogP contribution >= 0.6 is 0 Å². The van der Waals surface area contributed by atoms with Gasteiger partial charge in [-0.1, -0.05) is 24.3 Å². The summed E-state index contributed by atoms with van der Waals surface area (Å²) in [6.45, 7) is 3.60. The van der Waals surface area contributed by atoms with E-state index in [1.807, 2.05) is 35.0 Å². The first kappa shape index (κ1) is 20.4. The summed E-state index contributed by atoms with van der Waals surface area (Å²) in [6.07, 6.45) is 3.50. The van der Waals surface area contributed by atoms with Gasteiger partial charge in [-0.2, -0.15) is 0 Å². The minimum atomic E-state index is -0.139. The molecule has 1 saturated heterocycles. The first-order valence-corrected chi connectivity index (χ1v) is 10.5. The Morgan fingerprint density at radius 1 is 1.10 bits per heavy atom. The average Bonchev–Trinajstić information content (AvgIpc) is 3.16. The highest BCUT2D eigenvalue weighted by molar-refractivity contribution is 5.84. The number of hydrogen-bond acceptors (Lipinski definition) is 4. The molecule has 0 aliphatic carbocycles. The van der Waals surface area contributed by atoms with Crippen molar-refractivity contribution in [3.63, 3.8) is 0 Å². The summed E-state index contributed by atoms with van der Waals surface area (Å²) in [6, 6.07) is 16.2. The molecule has 1 aliphatic heterocycles. The molecule has 1 amide bonds. The van der Waals surface area contributed by atoms with Crippen LogP contribution in [0.2, 0.25) is 0 Å². The summed E-state index contributed by atoms with van der Waals surface area (Å²) in [5, 5.41) is 13.7. The number of aromatic nitrogens is 1. The Kier molecular flexibility index (Phi) is 6.35. The number of fused-ring (bicyclic) bond motifs is 1. The van der Waals surface area contributed by atoms with Crippen molar-refractivity contribution in [3.8, 4) is 5.75 Å². The number of likely N-dealkylation sites (tertiary alicyclic amines) is 1. The van der Waals surface area contributed by atoms with Crippen LogP contribution in [-0.4, -0.2) is 46.8 Å². The van der Waals surface area contributed by atoms with Crippen LogP contribution in [-0.2, 0) is 24.4 Å². The number of benzene rings is 2. The number of carbonyl (C=O) groups is 1. The van der Waals surface area contributed by atoms with Crippen molar-refractivity contribution in [2.24, 2.45) is 0 Å². The molecule has 0 saturated carbocycles. The monoisotopic (exact) mass is 407 g/mol. The predicted octanol–water partition coefficient (Wildman–Crippen LogP) is 2.92. The molecular formula is C24H29N3O3. The van der Waals surface area contributed by atoms with E-state index in [-0.39, 0.29) is 18.6 Å². The van der Waals surface area contributed by atoms with E-state index in [4.69, 9.17) is 4.74 Å². The van der Waals surface area contributed by atoms with Crippen molar-refractivity contribution < 1.29 is 14.6 Å². The van der Waals surface area contributed by atoms with Gasteiger partial charge in [-0.05, 0) is 48.2 Å². The quantitative estimate of drug-likeness (QED) is 0.632. The third kappa shape index (κ3) is 5.01. The van der Waals surface area contributed by atoms with E-state index >= 15 is 0 Å². The van der Waals surface area contributed by atoms with E-state index in [2.05, 4.69) is 34.5 Å². The summed E-state index contributed by atoms with van der Waals surface area (Å²) in [7, 11) is 1.65. The molecule has 4 rings (SSSR count). The van der Waals surface area contributed by atoms with E-state index in [1.165, 1.54) is 5.56 Å². The summed E-state index contributed by atoms with van der Waals surface area (Å²) >= 11 is 0. The average molecular weight is 408 g/mol. The van der Waals surface area contributed by atoms with E-state index in [0.717, 1.165) is 54.7 Å². The molecule has 0 unspecified atom stereocenters. The number of aliphatic hydroxyl groups excluding tert-OH is 1. The molecule has 2 heterocycles. The van der Waals surface area contributed by atoms with Gasteiger partial charge in [0.2, 0.25) is 5.91 Å². The summed E-state index contributed by atoms with van der Waals surface area (Å²) in [5.41, 5.74) is 3.36. The van der Waals surface area contributed by atoms with Gasteiger partial charge in [0, 0.05) is 43.3 Å². The van der Waals surface area contributed by atoms with E-state index in [1.54, 1.807) is 7.11 Å². The summed E-state index contributed by atoms with van der Waals surface area (Å²) in [5.74, 6) is 0.797. The fraction of sp³-hybridized carbons (Fsp3) is 0.375. The number of piperidine rings is 1. The minimum absolute atomic E-state index is 0.0146. The molecule has 1 fully saturated rings. The first-order chi connectivity index (χ1) is 14.6. The van der Waals surface area contributed by atoms with Crippen LogP contribution in [0.25, 0.3) is 10.9 Å². The van der Waals surface area contributed by atoms with Gasteiger partial charge in [0.25, 0.3) is 0 Å². The molecule has 0 atom stereocenters. The lowest BCUT2D eigenvalue weighted by molar-refractivity contribution is -0.121. The molecule has 2 aromatic carbocycles. The first-order valence-electron chi connectivity index (χ1n) is 10.5. The van der Waals surface area contributed by atoms with Gasteiger partial charge in [-0.25, -0.2) is 0 Å². The lowest BCUT2D eigenvalue weighted by Gasteiger charge is -2.29. The summed E-state index contributed by atoms with van der Waals surface area (Å²) in [4.78, 5) is 14.8. The Bertz CT molecular complexity index is 989. The number of ether oxygens (including phenoxy) is 1. The Hall–Kier alpha value is -2.83. The maximum Gasteiger partial charge on any atom is 0.240 e. The van der Waals surface area contributed by atoms with Crippen molar-refractivity contribution in [1.29, 1.82) is 0 Å². The fourth-order valence-corrected chi connectivity index (χ4v) is 3.95. The van der Waals surface area contributed by atoms with Crippen LogP contribution in [0.1, 0.15) is 24.0 Å². The van der Waals surface area contributed by atoms with Crippen molar-refractivity contribution in [3.05, 3.63) is 65.9 Å². The van der Waals surface area contributed by atoms with Crippen molar-refractivity contribution in [2.45, 2.75) is 38.6 Å². The Balaban J connectivity index is 1.28. The number of rotatable bonds is 7. The van der Waals surface area contributed by atoms with Crippen LogP contribution < -0.4 is 10.1 Å². The van der Waals surface area contributed by atoms with Gasteiger partial charge >= 0.3 is 0 Å². The molecule has 0 bridgehead atoms. The van der Waals surface area contributed by atoms with Gasteiger partial charge in [-0.3, -0.25) is 9.69 Å². The normalized spacial score (nSPS) is 15.4. The van der Waals surface area contributed by atoms with Crippen molar-refractivity contribution in [1.82, 2.24) is 14.8 Å². The third-order valence-electron chi connectivity index (χ3n) is 5.77. The van der Waals surface area contributed by atoms with E-state index in [0.29, 0.717) is 6.54 Å². The Morgan fingerprint density at radius 3 is 2.57 bits per heavy atom. The Labute approximate surface area is 177 Å². The second-order valence-corrected chi connectivity index (χ2v) is 7.97. The van der Waals surface area contributed by atoms with Gasteiger partial charge in [0.15, 0.2) is 0 Å². The van der Waals surface area contributed by atoms with Crippen LogP contribution in [0.3, 0.4) is 0 Å². The van der Waals surface area contributed by atoms with E-state index in [9.17, 15) is 9.90 Å².